The van der Waals surface area contributed by atoms with Crippen LogP contribution in [-0.4, -0.2) is 72.4 Å². The summed E-state index contributed by atoms with van der Waals surface area (Å²) < 4.78 is 26.6. The number of hydrogen-bond acceptors (Lipinski definition) is 6. The molecule has 0 aliphatic carbocycles. The largest absolute Gasteiger partial charge is 0.354 e. The molecule has 1 fully saturated rings. The van der Waals surface area contributed by atoms with E-state index in [9.17, 15) is 18.4 Å². The third-order valence-electron chi connectivity index (χ3n) is 4.11. The van der Waals surface area contributed by atoms with Crippen LogP contribution in [0.2, 0.25) is 0 Å². The highest BCUT2D eigenvalue weighted by molar-refractivity contribution is 7.89. The van der Waals surface area contributed by atoms with Crippen molar-refractivity contribution in [3.63, 3.8) is 0 Å². The smallest absolute Gasteiger partial charge is 0.233 e. The second-order valence-corrected chi connectivity index (χ2v) is 7.79. The van der Waals surface area contributed by atoms with Crippen molar-refractivity contribution in [1.82, 2.24) is 14.4 Å². The first-order valence-electron chi connectivity index (χ1n) is 8.04. The Balaban J connectivity index is 1.97. The van der Waals surface area contributed by atoms with Crippen molar-refractivity contribution in [3.8, 4) is 0 Å². The molecule has 1 amide bonds. The summed E-state index contributed by atoms with van der Waals surface area (Å²) in [5.74, 6) is 0.570. The standard InChI is InChI=1S/C15H24N4O4S/c1-2-5-14(19(21)13-20)12-24(22,23)18-10-8-17(9-11-18)15-6-3-4-7-16-15/h3-4,6-7,13-14,21H,2,5,8-12H2,1H3. The molecule has 1 aliphatic heterocycles. The molecular formula is C15H24N4O4S. The van der Waals surface area contributed by atoms with Crippen molar-refractivity contribution < 1.29 is 18.4 Å². The van der Waals surface area contributed by atoms with E-state index in [0.717, 1.165) is 5.82 Å². The number of amides is 1. The Morgan fingerprint density at radius 1 is 1.33 bits per heavy atom. The molecule has 8 nitrogen and oxygen atoms in total. The van der Waals surface area contributed by atoms with Gasteiger partial charge in [0.15, 0.2) is 0 Å². The van der Waals surface area contributed by atoms with Crippen LogP contribution in [0.1, 0.15) is 19.8 Å². The van der Waals surface area contributed by atoms with Gasteiger partial charge in [-0.1, -0.05) is 19.4 Å². The van der Waals surface area contributed by atoms with Gasteiger partial charge in [-0.25, -0.2) is 18.5 Å². The zero-order valence-electron chi connectivity index (χ0n) is 13.8. The molecule has 0 saturated carbocycles. The SMILES string of the molecule is CCCC(CS(=O)(=O)N1CCN(c2ccccn2)CC1)N(O)C=O. The van der Waals surface area contributed by atoms with Gasteiger partial charge in [0.25, 0.3) is 0 Å². The van der Waals surface area contributed by atoms with Crippen LogP contribution in [0.4, 0.5) is 5.82 Å². The van der Waals surface area contributed by atoms with Crippen molar-refractivity contribution in [3.05, 3.63) is 24.4 Å². The van der Waals surface area contributed by atoms with Crippen molar-refractivity contribution in [2.45, 2.75) is 25.8 Å². The molecule has 9 heteroatoms. The van der Waals surface area contributed by atoms with E-state index < -0.39 is 16.1 Å². The summed E-state index contributed by atoms with van der Waals surface area (Å²) in [4.78, 5) is 17.1. The lowest BCUT2D eigenvalue weighted by Crippen LogP contribution is -2.51. The number of carbonyl (C=O) groups is 1. The van der Waals surface area contributed by atoms with E-state index in [1.165, 1.54) is 4.31 Å². The van der Waals surface area contributed by atoms with E-state index in [1.807, 2.05) is 30.0 Å². The molecule has 1 saturated heterocycles. The molecule has 134 valence electrons. The molecular weight excluding hydrogens is 332 g/mol. The lowest BCUT2D eigenvalue weighted by Gasteiger charge is -2.35. The fourth-order valence-electron chi connectivity index (χ4n) is 2.80. The molecule has 1 aromatic heterocycles. The van der Waals surface area contributed by atoms with Crippen LogP contribution < -0.4 is 4.90 Å². The number of hydrogen-bond donors (Lipinski definition) is 1. The first-order chi connectivity index (χ1) is 11.5. The maximum atomic E-state index is 12.6. The Bertz CT molecular complexity index is 618. The lowest BCUT2D eigenvalue weighted by atomic mass is 10.2. The van der Waals surface area contributed by atoms with Crippen LogP contribution in [-0.2, 0) is 14.8 Å². The molecule has 24 heavy (non-hydrogen) atoms. The zero-order chi connectivity index (χ0) is 17.6. The minimum Gasteiger partial charge on any atom is -0.354 e. The summed E-state index contributed by atoms with van der Waals surface area (Å²) in [5, 5.41) is 10.0. The van der Waals surface area contributed by atoms with Crippen molar-refractivity contribution >= 4 is 22.3 Å². The molecule has 2 heterocycles. The van der Waals surface area contributed by atoms with Gasteiger partial charge in [0.2, 0.25) is 16.4 Å². The van der Waals surface area contributed by atoms with Crippen LogP contribution >= 0.6 is 0 Å². The highest BCUT2D eigenvalue weighted by Crippen LogP contribution is 2.16. The first-order valence-corrected chi connectivity index (χ1v) is 9.65. The molecule has 1 aromatic rings. The molecule has 0 radical (unpaired) electrons. The molecule has 1 unspecified atom stereocenters. The molecule has 1 aliphatic rings. The van der Waals surface area contributed by atoms with Gasteiger partial charge in [0.05, 0.1) is 11.8 Å². The van der Waals surface area contributed by atoms with Gasteiger partial charge in [-0.3, -0.25) is 10.0 Å². The Morgan fingerprint density at radius 3 is 2.58 bits per heavy atom. The fourth-order valence-corrected chi connectivity index (χ4v) is 4.53. The predicted molar refractivity (Wildman–Crippen MR) is 90.2 cm³/mol. The quantitative estimate of drug-likeness (QED) is 0.415. The van der Waals surface area contributed by atoms with Gasteiger partial charge in [-0.05, 0) is 18.6 Å². The highest BCUT2D eigenvalue weighted by atomic mass is 32.2. The average Bonchev–Trinajstić information content (AvgIpc) is 2.61. The summed E-state index contributed by atoms with van der Waals surface area (Å²) in [7, 11) is -3.54. The molecule has 2 rings (SSSR count). The number of aromatic nitrogens is 1. The van der Waals surface area contributed by atoms with Crippen LogP contribution in [0.25, 0.3) is 0 Å². The minimum absolute atomic E-state index is 0.259. The van der Waals surface area contributed by atoms with Gasteiger partial charge in [-0.2, -0.15) is 4.31 Å². The topological polar surface area (TPSA) is 94.1 Å². The van der Waals surface area contributed by atoms with Gasteiger partial charge >= 0.3 is 0 Å². The van der Waals surface area contributed by atoms with Crippen LogP contribution in [0, 0.1) is 0 Å². The van der Waals surface area contributed by atoms with E-state index in [2.05, 4.69) is 4.98 Å². The molecule has 0 bridgehead atoms. The summed E-state index contributed by atoms with van der Waals surface area (Å²) >= 11 is 0. The van der Waals surface area contributed by atoms with E-state index >= 15 is 0 Å². The first kappa shape index (κ1) is 18.6. The maximum Gasteiger partial charge on any atom is 0.233 e. The Kier molecular flexibility index (Phi) is 6.52. The number of hydroxylamine groups is 2. The number of piperazine rings is 1. The summed E-state index contributed by atoms with van der Waals surface area (Å²) in [6.07, 6.45) is 3.08. The van der Waals surface area contributed by atoms with Crippen molar-refractivity contribution in [2.75, 3.05) is 36.8 Å². The number of nitrogens with zero attached hydrogens (tertiary/aromatic N) is 4. The number of carbonyl (C=O) groups excluding carboxylic acids is 1. The summed E-state index contributed by atoms with van der Waals surface area (Å²) in [5.41, 5.74) is 0. The number of pyridine rings is 1. The number of anilines is 1. The Labute approximate surface area is 142 Å². The average molecular weight is 356 g/mol. The predicted octanol–water partition coefficient (Wildman–Crippen LogP) is 0.550. The Morgan fingerprint density at radius 2 is 2.04 bits per heavy atom. The molecule has 0 aromatic carbocycles. The van der Waals surface area contributed by atoms with Crippen molar-refractivity contribution in [2.24, 2.45) is 0 Å². The second-order valence-electron chi connectivity index (χ2n) is 5.78. The lowest BCUT2D eigenvalue weighted by molar-refractivity contribution is -0.158. The molecule has 1 atom stereocenters. The molecule has 1 N–H and O–H groups in total. The fraction of sp³-hybridized carbons (Fsp3) is 0.600. The van der Waals surface area contributed by atoms with Gasteiger partial charge < -0.3 is 4.90 Å². The summed E-state index contributed by atoms with van der Waals surface area (Å²) in [6, 6.07) is 4.92. The van der Waals surface area contributed by atoms with Gasteiger partial charge in [-0.15, -0.1) is 0 Å². The van der Waals surface area contributed by atoms with Gasteiger partial charge in [0, 0.05) is 32.4 Å². The zero-order valence-corrected chi connectivity index (χ0v) is 14.6. The summed E-state index contributed by atoms with van der Waals surface area (Å²) in [6.45, 7) is 3.73. The van der Waals surface area contributed by atoms with Crippen LogP contribution in [0.3, 0.4) is 0 Å². The van der Waals surface area contributed by atoms with Crippen LogP contribution in [0.5, 0.6) is 0 Å². The number of sulfonamides is 1. The van der Waals surface area contributed by atoms with E-state index in [4.69, 9.17) is 0 Å². The van der Waals surface area contributed by atoms with E-state index in [1.54, 1.807) is 6.20 Å². The van der Waals surface area contributed by atoms with E-state index in [-0.39, 0.29) is 12.2 Å². The maximum absolute atomic E-state index is 12.6. The number of rotatable bonds is 8. The minimum atomic E-state index is -3.54. The van der Waals surface area contributed by atoms with E-state index in [0.29, 0.717) is 44.1 Å². The second kappa shape index (κ2) is 8.41. The molecule has 0 spiro atoms. The monoisotopic (exact) mass is 356 g/mol. The normalized spacial score (nSPS) is 17.5. The van der Waals surface area contributed by atoms with Crippen LogP contribution in [0.15, 0.2) is 24.4 Å². The third kappa shape index (κ3) is 4.65. The van der Waals surface area contributed by atoms with Gasteiger partial charge in [0.1, 0.15) is 5.82 Å². The third-order valence-corrected chi connectivity index (χ3v) is 6.07. The Hall–Kier alpha value is -1.71. The van der Waals surface area contributed by atoms with Crippen molar-refractivity contribution in [1.29, 1.82) is 0 Å². The highest BCUT2D eigenvalue weighted by Gasteiger charge is 2.31.